The lowest BCUT2D eigenvalue weighted by Crippen LogP contribution is -2.33. The summed E-state index contributed by atoms with van der Waals surface area (Å²) in [6.45, 7) is 5.07. The summed E-state index contributed by atoms with van der Waals surface area (Å²) in [5.41, 5.74) is -0.962. The zero-order chi connectivity index (χ0) is 21.1. The van der Waals surface area contributed by atoms with Gasteiger partial charge in [0.2, 0.25) is 0 Å². The van der Waals surface area contributed by atoms with Crippen LogP contribution in [0.3, 0.4) is 0 Å². The first-order chi connectivity index (χ1) is 13.0. The first-order valence-corrected chi connectivity index (χ1v) is 12.3. The van der Waals surface area contributed by atoms with Crippen LogP contribution < -0.4 is 11.2 Å². The van der Waals surface area contributed by atoms with Gasteiger partial charge in [-0.15, -0.1) is 0 Å². The zero-order valence-corrected chi connectivity index (χ0v) is 17.8. The number of hydrogen-bond donors (Lipinski definition) is 1. The van der Waals surface area contributed by atoms with Gasteiger partial charge in [-0.25, -0.2) is 4.79 Å². The maximum atomic E-state index is 12.8. The van der Waals surface area contributed by atoms with E-state index in [-0.39, 0.29) is 31.4 Å². The molecule has 0 saturated carbocycles. The van der Waals surface area contributed by atoms with Crippen molar-refractivity contribution >= 4 is 17.7 Å². The minimum Gasteiger partial charge on any atom is -0.351 e. The molecule has 0 aromatic carbocycles. The molecule has 1 aliphatic rings. The van der Waals surface area contributed by atoms with E-state index < -0.39 is 47.4 Å². The Morgan fingerprint density at radius 2 is 1.89 bits per heavy atom. The molecule has 1 aromatic heterocycles. The highest BCUT2D eigenvalue weighted by Crippen LogP contribution is 2.51. The van der Waals surface area contributed by atoms with Crippen molar-refractivity contribution in [3.05, 3.63) is 32.6 Å². The molecule has 0 bridgehead atoms. The number of aryl methyl sites for hydroxylation is 1. The van der Waals surface area contributed by atoms with E-state index in [1.54, 1.807) is 13.8 Å². The monoisotopic (exact) mass is 440 g/mol. The zero-order valence-electron chi connectivity index (χ0n) is 16.1. The van der Waals surface area contributed by atoms with Crippen LogP contribution in [0.2, 0.25) is 0 Å². The highest BCUT2D eigenvalue weighted by Gasteiger charge is 2.44. The van der Waals surface area contributed by atoms with Gasteiger partial charge in [0.25, 0.3) is 15.7 Å². The van der Waals surface area contributed by atoms with Crippen molar-refractivity contribution in [1.82, 2.24) is 9.55 Å². The molecule has 2 heterocycles. The molecule has 11 nitrogen and oxygen atoms in total. The van der Waals surface area contributed by atoms with Gasteiger partial charge < -0.3 is 13.8 Å². The molecule has 160 valence electrons. The van der Waals surface area contributed by atoms with Crippen molar-refractivity contribution < 1.29 is 31.0 Å². The van der Waals surface area contributed by atoms with Gasteiger partial charge in [0.05, 0.1) is 31.7 Å². The van der Waals surface area contributed by atoms with Gasteiger partial charge in [-0.1, -0.05) is 0 Å². The van der Waals surface area contributed by atoms with Crippen LogP contribution in [0, 0.1) is 6.92 Å². The van der Waals surface area contributed by atoms with E-state index in [0.29, 0.717) is 0 Å². The second-order valence-electron chi connectivity index (χ2n) is 6.31. The number of nitrogens with zero attached hydrogens (tertiary/aromatic N) is 1. The first-order valence-electron chi connectivity index (χ1n) is 8.72. The van der Waals surface area contributed by atoms with Crippen molar-refractivity contribution in [2.75, 3.05) is 25.6 Å². The van der Waals surface area contributed by atoms with E-state index in [0.717, 1.165) is 10.8 Å². The van der Waals surface area contributed by atoms with Crippen LogP contribution in [0.1, 0.15) is 32.1 Å². The van der Waals surface area contributed by atoms with Gasteiger partial charge in [-0.05, 0) is 20.8 Å². The number of hydrogen-bond acceptors (Lipinski definition) is 9. The van der Waals surface area contributed by atoms with Gasteiger partial charge in [-0.3, -0.25) is 23.1 Å². The fraction of sp³-hybridized carbons (Fsp3) is 0.733. The molecule has 1 fully saturated rings. The fourth-order valence-electron chi connectivity index (χ4n) is 2.92. The number of nitrogens with one attached hydrogen (secondary N) is 1. The number of aromatic amines is 1. The van der Waals surface area contributed by atoms with E-state index in [1.807, 2.05) is 0 Å². The Bertz CT molecular complexity index is 945. The predicted octanol–water partition coefficient (Wildman–Crippen LogP) is 0.743. The van der Waals surface area contributed by atoms with E-state index in [2.05, 4.69) is 4.98 Å². The summed E-state index contributed by atoms with van der Waals surface area (Å²) in [7, 11) is -7.41. The Kier molecular flexibility index (Phi) is 7.40. The number of H-pyrrole nitrogens is 1. The number of rotatable bonds is 9. The molecule has 2 rings (SSSR count). The van der Waals surface area contributed by atoms with Gasteiger partial charge >= 0.3 is 13.3 Å². The minimum atomic E-state index is -3.85. The quantitative estimate of drug-likeness (QED) is 0.434. The second kappa shape index (κ2) is 9.02. The Morgan fingerprint density at radius 1 is 1.29 bits per heavy atom. The predicted molar refractivity (Wildman–Crippen MR) is 100 cm³/mol. The average Bonchev–Trinajstić information content (AvgIpc) is 2.91. The standard InChI is InChI=1S/C15H25N2O9PS/c1-5-23-27(20,24-6-2)9-12-11(26-28(4,21)22)7-13(25-12)17-8-10(3)14(18)16-15(17)19/h8,11-13H,5-7,9H2,1-4H3,(H,16,18,19)/t11-,12-,13+/m1/s1. The maximum absolute atomic E-state index is 12.8. The van der Waals surface area contributed by atoms with Crippen LogP contribution in [0.15, 0.2) is 15.8 Å². The molecule has 0 amide bonds. The molecular weight excluding hydrogens is 415 g/mol. The maximum Gasteiger partial charge on any atom is 0.333 e. The van der Waals surface area contributed by atoms with Crippen molar-refractivity contribution in [3.8, 4) is 0 Å². The fourth-order valence-corrected chi connectivity index (χ4v) is 5.40. The lowest BCUT2D eigenvalue weighted by Gasteiger charge is -2.23. The third kappa shape index (κ3) is 5.85. The normalized spacial score (nSPS) is 23.2. The summed E-state index contributed by atoms with van der Waals surface area (Å²) < 4.78 is 58.6. The Hall–Kier alpha value is -1.30. The Balaban J connectivity index is 2.34. The van der Waals surface area contributed by atoms with Crippen LogP contribution in [0.4, 0.5) is 0 Å². The van der Waals surface area contributed by atoms with Crippen molar-refractivity contribution in [2.24, 2.45) is 0 Å². The number of ether oxygens (including phenoxy) is 1. The molecular formula is C15H25N2O9PS. The molecule has 1 aromatic rings. The lowest BCUT2D eigenvalue weighted by molar-refractivity contribution is -0.00729. The van der Waals surface area contributed by atoms with Crippen LogP contribution in [-0.4, -0.2) is 55.8 Å². The third-order valence-electron chi connectivity index (χ3n) is 3.99. The molecule has 1 aliphatic heterocycles. The third-order valence-corrected chi connectivity index (χ3v) is 6.70. The molecule has 0 unspecified atom stereocenters. The van der Waals surface area contributed by atoms with Crippen LogP contribution >= 0.6 is 7.60 Å². The van der Waals surface area contributed by atoms with Crippen LogP contribution in [0.25, 0.3) is 0 Å². The van der Waals surface area contributed by atoms with Crippen molar-refractivity contribution in [2.45, 2.75) is 45.6 Å². The van der Waals surface area contributed by atoms with Crippen molar-refractivity contribution in [1.29, 1.82) is 0 Å². The molecule has 0 aliphatic carbocycles. The lowest BCUT2D eigenvalue weighted by atomic mass is 10.2. The summed E-state index contributed by atoms with van der Waals surface area (Å²) in [5.74, 6) is 0. The van der Waals surface area contributed by atoms with Gasteiger partial charge in [0.15, 0.2) is 0 Å². The summed E-state index contributed by atoms with van der Waals surface area (Å²) >= 11 is 0. The summed E-state index contributed by atoms with van der Waals surface area (Å²) in [6.07, 6.45) is -0.953. The van der Waals surface area contributed by atoms with Gasteiger partial charge in [0.1, 0.15) is 12.3 Å². The van der Waals surface area contributed by atoms with Gasteiger partial charge in [0, 0.05) is 18.2 Å². The van der Waals surface area contributed by atoms with E-state index in [9.17, 15) is 22.6 Å². The van der Waals surface area contributed by atoms with E-state index in [4.69, 9.17) is 18.0 Å². The Morgan fingerprint density at radius 3 is 2.43 bits per heavy atom. The van der Waals surface area contributed by atoms with Gasteiger partial charge in [-0.2, -0.15) is 8.42 Å². The topological polar surface area (TPSA) is 143 Å². The number of aromatic nitrogens is 2. The molecule has 0 spiro atoms. The second-order valence-corrected chi connectivity index (χ2v) is 10.0. The first kappa shape index (κ1) is 23.0. The SMILES string of the molecule is CCOP(=O)(C[C@H]1O[C@H](n2cc(C)c(=O)[nH]c2=O)C[C@H]1OS(C)(=O)=O)OCC. The highest BCUT2D eigenvalue weighted by atomic mass is 32.2. The molecule has 13 heteroatoms. The summed E-state index contributed by atoms with van der Waals surface area (Å²) in [6, 6.07) is 0. The molecule has 1 N–H and O–H groups in total. The smallest absolute Gasteiger partial charge is 0.333 e. The average molecular weight is 440 g/mol. The largest absolute Gasteiger partial charge is 0.351 e. The molecule has 3 atom stereocenters. The highest BCUT2D eigenvalue weighted by molar-refractivity contribution is 7.86. The van der Waals surface area contributed by atoms with Crippen molar-refractivity contribution in [3.63, 3.8) is 0 Å². The van der Waals surface area contributed by atoms with E-state index in [1.165, 1.54) is 13.1 Å². The van der Waals surface area contributed by atoms with E-state index >= 15 is 0 Å². The van der Waals surface area contributed by atoms with Crippen LogP contribution in [0.5, 0.6) is 0 Å². The summed E-state index contributed by atoms with van der Waals surface area (Å²) in [5, 5.41) is 0. The minimum absolute atomic E-state index is 0.0125. The Labute approximate surface area is 162 Å². The summed E-state index contributed by atoms with van der Waals surface area (Å²) in [4.78, 5) is 25.9. The molecule has 28 heavy (non-hydrogen) atoms. The molecule has 0 radical (unpaired) electrons. The molecule has 1 saturated heterocycles. The van der Waals surface area contributed by atoms with Crippen LogP contribution in [-0.2, 0) is 32.7 Å².